The molecule has 2 N–H and O–H groups in total. The number of methoxy groups -OCH3 is 1. The molecular formula is C24H28N2O4S. The molecule has 0 heterocycles. The van der Waals surface area contributed by atoms with Gasteiger partial charge in [0.05, 0.1) is 12.0 Å². The lowest BCUT2D eigenvalue weighted by atomic mass is 10.1. The van der Waals surface area contributed by atoms with Gasteiger partial charge in [-0.3, -0.25) is 4.79 Å². The van der Waals surface area contributed by atoms with E-state index in [4.69, 9.17) is 4.74 Å². The highest BCUT2D eigenvalue weighted by Gasteiger charge is 2.19. The van der Waals surface area contributed by atoms with Crippen molar-refractivity contribution in [1.29, 1.82) is 0 Å². The van der Waals surface area contributed by atoms with Gasteiger partial charge >= 0.3 is 0 Å². The van der Waals surface area contributed by atoms with E-state index in [2.05, 4.69) is 10.0 Å². The fourth-order valence-corrected chi connectivity index (χ4v) is 5.24. The number of benzene rings is 3. The predicted octanol–water partition coefficient (Wildman–Crippen LogP) is 3.76. The first-order valence-electron chi connectivity index (χ1n) is 10.1. The van der Waals surface area contributed by atoms with Crippen LogP contribution in [0.25, 0.3) is 10.8 Å². The minimum Gasteiger partial charge on any atom is -0.497 e. The topological polar surface area (TPSA) is 84.5 Å². The molecule has 3 rings (SSSR count). The summed E-state index contributed by atoms with van der Waals surface area (Å²) < 4.78 is 33.1. The Morgan fingerprint density at radius 3 is 2.26 bits per heavy atom. The number of hydrogen-bond donors (Lipinski definition) is 2. The van der Waals surface area contributed by atoms with Crippen LogP contribution in [0.4, 0.5) is 0 Å². The first-order chi connectivity index (χ1) is 14.7. The summed E-state index contributed by atoms with van der Waals surface area (Å²) >= 11 is 0. The standard InChI is InChI=1S/C24H28N2O4S/c1-16-11-17(2)24(18(3)12-16)31(28,29)26-10-9-23(27)25-15-19-5-6-21-14-22(30-4)8-7-20(21)13-19/h5-8,11-14,26H,9-10,15H2,1-4H3,(H,25,27). The fourth-order valence-electron chi connectivity index (χ4n) is 3.76. The van der Waals surface area contributed by atoms with Crippen molar-refractivity contribution in [2.24, 2.45) is 0 Å². The first kappa shape index (κ1) is 22.8. The summed E-state index contributed by atoms with van der Waals surface area (Å²) in [5, 5.41) is 4.96. The van der Waals surface area contributed by atoms with Crippen molar-refractivity contribution in [2.75, 3.05) is 13.7 Å². The number of hydrogen-bond acceptors (Lipinski definition) is 4. The number of carbonyl (C=O) groups excluding carboxylic acids is 1. The van der Waals surface area contributed by atoms with E-state index in [0.29, 0.717) is 17.7 Å². The highest BCUT2D eigenvalue weighted by atomic mass is 32.2. The van der Waals surface area contributed by atoms with Crippen LogP contribution in [0.2, 0.25) is 0 Å². The van der Waals surface area contributed by atoms with Crippen LogP contribution in [0.15, 0.2) is 53.4 Å². The van der Waals surface area contributed by atoms with Crippen LogP contribution in [-0.2, 0) is 21.4 Å². The quantitative estimate of drug-likeness (QED) is 0.559. The van der Waals surface area contributed by atoms with Crippen molar-refractivity contribution in [3.05, 3.63) is 70.8 Å². The van der Waals surface area contributed by atoms with Crippen molar-refractivity contribution in [2.45, 2.75) is 38.6 Å². The van der Waals surface area contributed by atoms with Crippen LogP contribution < -0.4 is 14.8 Å². The molecule has 0 bridgehead atoms. The summed E-state index contributed by atoms with van der Waals surface area (Å²) in [6.07, 6.45) is 0.0635. The second-order valence-corrected chi connectivity index (χ2v) is 9.40. The predicted molar refractivity (Wildman–Crippen MR) is 123 cm³/mol. The highest BCUT2D eigenvalue weighted by molar-refractivity contribution is 7.89. The molecular weight excluding hydrogens is 412 g/mol. The second-order valence-electron chi connectivity index (χ2n) is 7.70. The monoisotopic (exact) mass is 440 g/mol. The summed E-state index contributed by atoms with van der Waals surface area (Å²) in [5.41, 5.74) is 3.38. The maximum Gasteiger partial charge on any atom is 0.241 e. The molecule has 31 heavy (non-hydrogen) atoms. The number of ether oxygens (including phenoxy) is 1. The number of rotatable bonds is 8. The van der Waals surface area contributed by atoms with E-state index in [1.54, 1.807) is 21.0 Å². The number of amides is 1. The van der Waals surface area contributed by atoms with Gasteiger partial charge in [-0.1, -0.05) is 35.9 Å². The molecule has 0 aliphatic rings. The van der Waals surface area contributed by atoms with E-state index >= 15 is 0 Å². The van der Waals surface area contributed by atoms with Crippen LogP contribution >= 0.6 is 0 Å². The third-order valence-corrected chi connectivity index (χ3v) is 6.88. The fraction of sp³-hybridized carbons (Fsp3) is 0.292. The lowest BCUT2D eigenvalue weighted by Gasteiger charge is -2.13. The van der Waals surface area contributed by atoms with Crippen molar-refractivity contribution < 1.29 is 17.9 Å². The smallest absolute Gasteiger partial charge is 0.241 e. The zero-order valence-corrected chi connectivity index (χ0v) is 19.1. The van der Waals surface area contributed by atoms with E-state index in [-0.39, 0.29) is 23.8 Å². The van der Waals surface area contributed by atoms with Crippen molar-refractivity contribution in [3.8, 4) is 5.75 Å². The molecule has 1 amide bonds. The van der Waals surface area contributed by atoms with Crippen molar-refractivity contribution >= 4 is 26.7 Å². The largest absolute Gasteiger partial charge is 0.497 e. The SMILES string of the molecule is COc1ccc2cc(CNC(=O)CCNS(=O)(=O)c3c(C)cc(C)cc3C)ccc2c1. The number of aryl methyl sites for hydroxylation is 3. The van der Waals surface area contributed by atoms with E-state index < -0.39 is 10.0 Å². The summed E-state index contributed by atoms with van der Waals surface area (Å²) in [6, 6.07) is 15.5. The average Bonchev–Trinajstić information content (AvgIpc) is 2.70. The molecule has 3 aromatic carbocycles. The van der Waals surface area contributed by atoms with E-state index in [1.807, 2.05) is 55.5 Å². The van der Waals surface area contributed by atoms with Gasteiger partial charge in [-0.05, 0) is 66.4 Å². The molecule has 7 heteroatoms. The number of fused-ring (bicyclic) bond motifs is 1. The summed E-state index contributed by atoms with van der Waals surface area (Å²) in [6.45, 7) is 5.91. The van der Waals surface area contributed by atoms with Gasteiger partial charge in [-0.25, -0.2) is 13.1 Å². The third-order valence-electron chi connectivity index (χ3n) is 5.12. The molecule has 3 aromatic rings. The third kappa shape index (κ3) is 5.62. The van der Waals surface area contributed by atoms with Gasteiger partial charge in [0.1, 0.15) is 5.75 Å². The maximum absolute atomic E-state index is 12.7. The van der Waals surface area contributed by atoms with Crippen LogP contribution in [-0.4, -0.2) is 28.0 Å². The average molecular weight is 441 g/mol. The number of nitrogens with one attached hydrogen (secondary N) is 2. The Labute approximate surface area is 183 Å². The Kier molecular flexibility index (Phi) is 6.97. The van der Waals surface area contributed by atoms with Gasteiger partial charge in [0.2, 0.25) is 15.9 Å². The van der Waals surface area contributed by atoms with Gasteiger partial charge in [0.25, 0.3) is 0 Å². The minimum atomic E-state index is -3.67. The first-order valence-corrected chi connectivity index (χ1v) is 11.6. The van der Waals surface area contributed by atoms with Gasteiger partial charge in [0.15, 0.2) is 0 Å². The van der Waals surface area contributed by atoms with Crippen LogP contribution in [0.5, 0.6) is 5.75 Å². The van der Waals surface area contributed by atoms with Crippen LogP contribution in [0.1, 0.15) is 28.7 Å². The Balaban J connectivity index is 1.54. The van der Waals surface area contributed by atoms with E-state index in [9.17, 15) is 13.2 Å². The number of carbonyl (C=O) groups is 1. The molecule has 6 nitrogen and oxygen atoms in total. The van der Waals surface area contributed by atoms with Crippen molar-refractivity contribution in [1.82, 2.24) is 10.0 Å². The molecule has 0 spiro atoms. The Hall–Kier alpha value is -2.90. The highest BCUT2D eigenvalue weighted by Crippen LogP contribution is 2.22. The lowest BCUT2D eigenvalue weighted by molar-refractivity contribution is -0.121. The molecule has 0 radical (unpaired) electrons. The molecule has 0 saturated carbocycles. The molecule has 0 aromatic heterocycles. The molecule has 0 fully saturated rings. The molecule has 0 aliphatic carbocycles. The molecule has 164 valence electrons. The number of sulfonamides is 1. The van der Waals surface area contributed by atoms with Gasteiger partial charge in [-0.2, -0.15) is 0 Å². The Morgan fingerprint density at radius 2 is 1.58 bits per heavy atom. The summed E-state index contributed by atoms with van der Waals surface area (Å²) in [7, 11) is -2.04. The molecule has 0 saturated heterocycles. The zero-order chi connectivity index (χ0) is 22.6. The van der Waals surface area contributed by atoms with Crippen molar-refractivity contribution in [3.63, 3.8) is 0 Å². The van der Waals surface area contributed by atoms with Gasteiger partial charge in [-0.15, -0.1) is 0 Å². The van der Waals surface area contributed by atoms with E-state index in [0.717, 1.165) is 27.6 Å². The Morgan fingerprint density at radius 1 is 0.935 bits per heavy atom. The zero-order valence-electron chi connectivity index (χ0n) is 18.3. The lowest BCUT2D eigenvalue weighted by Crippen LogP contribution is -2.31. The van der Waals surface area contributed by atoms with Crippen LogP contribution in [0, 0.1) is 20.8 Å². The summed E-state index contributed by atoms with van der Waals surface area (Å²) in [4.78, 5) is 12.5. The maximum atomic E-state index is 12.7. The molecule has 0 unspecified atom stereocenters. The normalized spacial score (nSPS) is 11.5. The summed E-state index contributed by atoms with van der Waals surface area (Å²) in [5.74, 6) is 0.585. The second kappa shape index (κ2) is 9.49. The van der Waals surface area contributed by atoms with E-state index in [1.165, 1.54) is 0 Å². The molecule has 0 atom stereocenters. The van der Waals surface area contributed by atoms with Gasteiger partial charge in [0, 0.05) is 19.5 Å². The molecule has 0 aliphatic heterocycles. The Bertz CT molecular complexity index is 1200. The van der Waals surface area contributed by atoms with Crippen LogP contribution in [0.3, 0.4) is 0 Å². The minimum absolute atomic E-state index is 0.0401. The van der Waals surface area contributed by atoms with Gasteiger partial charge < -0.3 is 10.1 Å².